The van der Waals surface area contributed by atoms with E-state index in [4.69, 9.17) is 0 Å². The van der Waals surface area contributed by atoms with Gasteiger partial charge in [0.05, 0.1) is 0 Å². The first-order valence-electron chi connectivity index (χ1n) is 5.77. The summed E-state index contributed by atoms with van der Waals surface area (Å²) in [5, 5.41) is 0. The minimum atomic E-state index is -0.360. The number of aryl methyl sites for hydroxylation is 1. The van der Waals surface area contributed by atoms with Gasteiger partial charge in [-0.2, -0.15) is 0 Å². The van der Waals surface area contributed by atoms with E-state index in [2.05, 4.69) is 6.92 Å². The van der Waals surface area contributed by atoms with E-state index in [0.29, 0.717) is 6.29 Å². The molecule has 0 heterocycles. The molecule has 2 nitrogen and oxygen atoms in total. The van der Waals surface area contributed by atoms with E-state index < -0.39 is 0 Å². The molecule has 0 aliphatic heterocycles. The van der Waals surface area contributed by atoms with E-state index in [1.165, 1.54) is 18.4 Å². The lowest BCUT2D eigenvalue weighted by Gasteiger charge is -2.08. The predicted molar refractivity (Wildman–Crippen MR) is 64.5 cm³/mol. The summed E-state index contributed by atoms with van der Waals surface area (Å²) in [6.45, 7) is 3.93. The summed E-state index contributed by atoms with van der Waals surface area (Å²) in [5.41, 5.74) is 2.20. The molecule has 0 fully saturated rings. The number of carbonyl (C=O) groups excluding carboxylic acids is 2. The molecule has 1 atom stereocenters. The van der Waals surface area contributed by atoms with Gasteiger partial charge in [-0.05, 0) is 24.0 Å². The van der Waals surface area contributed by atoms with Crippen LogP contribution in [0.1, 0.15) is 43.7 Å². The molecule has 0 aliphatic carbocycles. The van der Waals surface area contributed by atoms with Gasteiger partial charge in [0.1, 0.15) is 0 Å². The molecule has 1 aromatic carbocycles. The number of unbranched alkanes of at least 4 members (excludes halogenated alkanes) is 1. The Morgan fingerprint density at radius 1 is 1.31 bits per heavy atom. The molecule has 0 saturated heterocycles. The number of hydrogen-bond donors (Lipinski definition) is 0. The highest BCUT2D eigenvalue weighted by molar-refractivity contribution is 6.27. The SMILES string of the molecule is CCCCc1ccc(C(C)C(=O)C=O)cc1. The third-order valence-electron chi connectivity index (χ3n) is 2.84. The van der Waals surface area contributed by atoms with Gasteiger partial charge in [0.25, 0.3) is 0 Å². The number of Topliss-reactive ketones (excluding diaryl/α,β-unsaturated/α-hetero) is 1. The van der Waals surface area contributed by atoms with Crippen molar-refractivity contribution in [3.63, 3.8) is 0 Å². The fourth-order valence-corrected chi connectivity index (χ4v) is 1.62. The zero-order valence-corrected chi connectivity index (χ0v) is 9.90. The van der Waals surface area contributed by atoms with Crippen LogP contribution in [-0.4, -0.2) is 12.1 Å². The van der Waals surface area contributed by atoms with Crippen LogP contribution < -0.4 is 0 Å². The van der Waals surface area contributed by atoms with Crippen LogP contribution in [0.25, 0.3) is 0 Å². The molecule has 0 radical (unpaired) electrons. The molecule has 0 saturated carbocycles. The Bertz CT molecular complexity index is 352. The minimum absolute atomic E-state index is 0.322. The van der Waals surface area contributed by atoms with Gasteiger partial charge in [0, 0.05) is 5.92 Å². The van der Waals surface area contributed by atoms with Crippen LogP contribution >= 0.6 is 0 Å². The van der Waals surface area contributed by atoms with Crippen LogP contribution in [0, 0.1) is 0 Å². The summed E-state index contributed by atoms with van der Waals surface area (Å²) in [6.07, 6.45) is 3.84. The molecule has 86 valence electrons. The van der Waals surface area contributed by atoms with Gasteiger partial charge >= 0.3 is 0 Å². The molecule has 0 bridgehead atoms. The maximum absolute atomic E-state index is 11.2. The van der Waals surface area contributed by atoms with Crippen molar-refractivity contribution < 1.29 is 9.59 Å². The van der Waals surface area contributed by atoms with E-state index in [9.17, 15) is 9.59 Å². The van der Waals surface area contributed by atoms with Crippen molar-refractivity contribution in [2.45, 2.75) is 39.0 Å². The summed E-state index contributed by atoms with van der Waals surface area (Å²) >= 11 is 0. The number of hydrogen-bond acceptors (Lipinski definition) is 2. The topological polar surface area (TPSA) is 34.1 Å². The number of rotatable bonds is 6. The fourth-order valence-electron chi connectivity index (χ4n) is 1.62. The van der Waals surface area contributed by atoms with Crippen molar-refractivity contribution in [1.29, 1.82) is 0 Å². The maximum atomic E-state index is 11.2. The standard InChI is InChI=1S/C14H18O2/c1-3-4-5-12-6-8-13(9-7-12)11(2)14(16)10-15/h6-11H,3-5H2,1-2H3. The molecular weight excluding hydrogens is 200 g/mol. The Hall–Kier alpha value is -1.44. The van der Waals surface area contributed by atoms with Gasteiger partial charge in [-0.1, -0.05) is 44.5 Å². The lowest BCUT2D eigenvalue weighted by Crippen LogP contribution is -2.09. The smallest absolute Gasteiger partial charge is 0.202 e. The van der Waals surface area contributed by atoms with Crippen molar-refractivity contribution in [3.05, 3.63) is 35.4 Å². The average Bonchev–Trinajstić information content (AvgIpc) is 2.35. The highest BCUT2D eigenvalue weighted by atomic mass is 16.2. The van der Waals surface area contributed by atoms with E-state index >= 15 is 0 Å². The first-order valence-corrected chi connectivity index (χ1v) is 5.77. The first kappa shape index (κ1) is 12.6. The summed E-state index contributed by atoms with van der Waals surface area (Å²) in [4.78, 5) is 21.6. The summed E-state index contributed by atoms with van der Waals surface area (Å²) < 4.78 is 0. The number of benzene rings is 1. The third-order valence-corrected chi connectivity index (χ3v) is 2.84. The van der Waals surface area contributed by atoms with Crippen LogP contribution in [-0.2, 0) is 16.0 Å². The number of carbonyl (C=O) groups is 2. The lowest BCUT2D eigenvalue weighted by atomic mass is 9.95. The van der Waals surface area contributed by atoms with Crippen LogP contribution in [0.3, 0.4) is 0 Å². The van der Waals surface area contributed by atoms with E-state index in [1.54, 1.807) is 6.92 Å². The summed E-state index contributed by atoms with van der Waals surface area (Å²) in [7, 11) is 0. The molecule has 2 heteroatoms. The molecule has 0 amide bonds. The number of ketones is 1. The normalized spacial score (nSPS) is 12.1. The van der Waals surface area contributed by atoms with Gasteiger partial charge in [-0.3, -0.25) is 9.59 Å². The molecular formula is C14H18O2. The average molecular weight is 218 g/mol. The highest BCUT2D eigenvalue weighted by Crippen LogP contribution is 2.17. The van der Waals surface area contributed by atoms with E-state index in [1.807, 2.05) is 24.3 Å². The van der Waals surface area contributed by atoms with Crippen molar-refractivity contribution in [1.82, 2.24) is 0 Å². The van der Waals surface area contributed by atoms with Crippen molar-refractivity contribution in [2.75, 3.05) is 0 Å². The van der Waals surface area contributed by atoms with Crippen LogP contribution in [0.5, 0.6) is 0 Å². The summed E-state index contributed by atoms with van der Waals surface area (Å²) in [5.74, 6) is -0.681. The van der Waals surface area contributed by atoms with Gasteiger partial charge in [0.15, 0.2) is 6.29 Å². The molecule has 1 aromatic rings. The Kier molecular flexibility index (Phi) is 4.90. The van der Waals surface area contributed by atoms with Gasteiger partial charge < -0.3 is 0 Å². The summed E-state index contributed by atoms with van der Waals surface area (Å²) in [6, 6.07) is 7.97. The second-order valence-corrected chi connectivity index (χ2v) is 4.09. The molecule has 16 heavy (non-hydrogen) atoms. The first-order chi connectivity index (χ1) is 7.69. The largest absolute Gasteiger partial charge is 0.295 e. The molecule has 0 N–H and O–H groups in total. The molecule has 1 rings (SSSR count). The van der Waals surface area contributed by atoms with E-state index in [0.717, 1.165) is 12.0 Å². The lowest BCUT2D eigenvalue weighted by molar-refractivity contribution is -0.130. The molecule has 1 unspecified atom stereocenters. The molecule has 0 spiro atoms. The van der Waals surface area contributed by atoms with Gasteiger partial charge in [0.2, 0.25) is 5.78 Å². The minimum Gasteiger partial charge on any atom is -0.295 e. The molecule has 0 aliphatic rings. The second kappa shape index (κ2) is 6.21. The quantitative estimate of drug-likeness (QED) is 0.543. The second-order valence-electron chi connectivity index (χ2n) is 4.09. The van der Waals surface area contributed by atoms with Crippen molar-refractivity contribution in [3.8, 4) is 0 Å². The Labute approximate surface area is 96.7 Å². The Balaban J connectivity index is 2.70. The Morgan fingerprint density at radius 3 is 2.44 bits per heavy atom. The monoisotopic (exact) mass is 218 g/mol. The molecule has 0 aromatic heterocycles. The van der Waals surface area contributed by atoms with Crippen molar-refractivity contribution >= 4 is 12.1 Å². The van der Waals surface area contributed by atoms with Crippen molar-refractivity contribution in [2.24, 2.45) is 0 Å². The zero-order chi connectivity index (χ0) is 12.0. The van der Waals surface area contributed by atoms with Gasteiger partial charge in [-0.15, -0.1) is 0 Å². The van der Waals surface area contributed by atoms with E-state index in [-0.39, 0.29) is 11.7 Å². The highest BCUT2D eigenvalue weighted by Gasteiger charge is 2.13. The Morgan fingerprint density at radius 2 is 1.94 bits per heavy atom. The van der Waals surface area contributed by atoms with Crippen LogP contribution in [0.2, 0.25) is 0 Å². The van der Waals surface area contributed by atoms with Crippen LogP contribution in [0.4, 0.5) is 0 Å². The zero-order valence-electron chi connectivity index (χ0n) is 9.90. The third kappa shape index (κ3) is 3.30. The van der Waals surface area contributed by atoms with Gasteiger partial charge in [-0.25, -0.2) is 0 Å². The maximum Gasteiger partial charge on any atom is 0.202 e. The number of aldehydes is 1. The van der Waals surface area contributed by atoms with Crippen LogP contribution in [0.15, 0.2) is 24.3 Å². The predicted octanol–water partition coefficient (Wildman–Crippen LogP) is 2.90. The fraction of sp³-hybridized carbons (Fsp3) is 0.429.